The fraction of sp³-hybridized carbons (Fsp3) is 0.600. The van der Waals surface area contributed by atoms with Crippen molar-refractivity contribution < 1.29 is 9.53 Å². The summed E-state index contributed by atoms with van der Waals surface area (Å²) in [5, 5.41) is 3.55. The third-order valence-corrected chi connectivity index (χ3v) is 3.93. The van der Waals surface area contributed by atoms with Crippen LogP contribution in [-0.4, -0.2) is 43.2 Å². The largest absolute Gasteiger partial charge is 0.465 e. The molecule has 0 saturated carbocycles. The fourth-order valence-electron chi connectivity index (χ4n) is 2.66. The summed E-state index contributed by atoms with van der Waals surface area (Å²) in [6.45, 7) is 6.12. The van der Waals surface area contributed by atoms with Gasteiger partial charge in [-0.15, -0.1) is 0 Å². The Hall–Kier alpha value is -1.62. The van der Waals surface area contributed by atoms with Crippen LogP contribution >= 0.6 is 0 Å². The molecule has 1 aromatic rings. The Bertz CT molecular complexity index is 464. The predicted molar refractivity (Wildman–Crippen MR) is 79.1 cm³/mol. The van der Waals surface area contributed by atoms with Crippen LogP contribution in [0.1, 0.15) is 37.0 Å². The van der Waals surface area contributed by atoms with Gasteiger partial charge in [0.1, 0.15) is 11.4 Å². The number of methoxy groups -OCH3 is 1. The van der Waals surface area contributed by atoms with E-state index < -0.39 is 0 Å². The normalized spacial score (nSPS) is 22.6. The zero-order valence-corrected chi connectivity index (χ0v) is 12.4. The molecule has 2 rings (SSSR count). The van der Waals surface area contributed by atoms with Gasteiger partial charge in [-0.05, 0) is 25.0 Å². The molecule has 0 aliphatic carbocycles. The lowest BCUT2D eigenvalue weighted by Gasteiger charge is -2.41. The van der Waals surface area contributed by atoms with Gasteiger partial charge in [-0.1, -0.05) is 13.8 Å². The highest BCUT2D eigenvalue weighted by atomic mass is 16.5. The van der Waals surface area contributed by atoms with E-state index in [0.29, 0.717) is 17.6 Å². The van der Waals surface area contributed by atoms with E-state index in [0.717, 1.165) is 31.7 Å². The molecule has 5 nitrogen and oxygen atoms in total. The number of carbonyl (C=O) groups is 1. The molecule has 0 spiro atoms. The van der Waals surface area contributed by atoms with Crippen molar-refractivity contribution in [3.63, 3.8) is 0 Å². The first-order valence-corrected chi connectivity index (χ1v) is 7.24. The maximum atomic E-state index is 11.9. The minimum absolute atomic E-state index is 0.325. The second-order valence-corrected chi connectivity index (χ2v) is 5.09. The average molecular weight is 277 g/mol. The number of hydrogen-bond acceptors (Lipinski definition) is 5. The van der Waals surface area contributed by atoms with Crippen LogP contribution in [0, 0.1) is 0 Å². The minimum Gasteiger partial charge on any atom is -0.465 e. The number of rotatable bonds is 4. The van der Waals surface area contributed by atoms with Gasteiger partial charge in [0.25, 0.3) is 0 Å². The number of piperazine rings is 1. The topological polar surface area (TPSA) is 54.5 Å². The molecule has 1 aliphatic rings. The lowest BCUT2D eigenvalue weighted by Crippen LogP contribution is -2.56. The molecule has 0 radical (unpaired) electrons. The summed E-state index contributed by atoms with van der Waals surface area (Å²) in [5.41, 5.74) is 0.546. The van der Waals surface area contributed by atoms with Crippen molar-refractivity contribution >= 4 is 11.8 Å². The molecule has 110 valence electrons. The van der Waals surface area contributed by atoms with E-state index in [1.165, 1.54) is 7.11 Å². The lowest BCUT2D eigenvalue weighted by molar-refractivity contribution is 0.0600. The van der Waals surface area contributed by atoms with Crippen molar-refractivity contribution in [1.82, 2.24) is 10.3 Å². The Morgan fingerprint density at radius 1 is 1.50 bits per heavy atom. The number of aromatic nitrogens is 1. The molecule has 20 heavy (non-hydrogen) atoms. The van der Waals surface area contributed by atoms with Crippen LogP contribution in [0.3, 0.4) is 0 Å². The van der Waals surface area contributed by atoms with Crippen LogP contribution in [-0.2, 0) is 4.74 Å². The predicted octanol–water partition coefficient (Wildman–Crippen LogP) is 1.83. The number of carbonyl (C=O) groups excluding carboxylic acids is 1. The number of nitrogens with zero attached hydrogens (tertiary/aromatic N) is 2. The Morgan fingerprint density at radius 2 is 2.30 bits per heavy atom. The first kappa shape index (κ1) is 14.8. The summed E-state index contributed by atoms with van der Waals surface area (Å²) in [5.74, 6) is 0.417. The molecule has 0 bridgehead atoms. The summed E-state index contributed by atoms with van der Waals surface area (Å²) < 4.78 is 4.87. The lowest BCUT2D eigenvalue weighted by atomic mass is 10.0. The van der Waals surface area contributed by atoms with Crippen molar-refractivity contribution in [1.29, 1.82) is 0 Å². The van der Waals surface area contributed by atoms with E-state index in [4.69, 9.17) is 4.74 Å². The van der Waals surface area contributed by atoms with E-state index in [9.17, 15) is 4.79 Å². The number of esters is 1. The van der Waals surface area contributed by atoms with E-state index in [-0.39, 0.29) is 5.97 Å². The minimum atomic E-state index is -0.325. The summed E-state index contributed by atoms with van der Waals surface area (Å²) in [4.78, 5) is 18.6. The SMILES string of the molecule is CCC1CN(c2ncccc2C(=O)OC)C(CC)CN1. The van der Waals surface area contributed by atoms with Gasteiger partial charge in [0, 0.05) is 31.4 Å². The summed E-state index contributed by atoms with van der Waals surface area (Å²) in [6.07, 6.45) is 3.81. The van der Waals surface area contributed by atoms with E-state index in [1.807, 2.05) is 0 Å². The van der Waals surface area contributed by atoms with Crippen molar-refractivity contribution in [2.75, 3.05) is 25.1 Å². The van der Waals surface area contributed by atoms with Crippen molar-refractivity contribution in [3.05, 3.63) is 23.9 Å². The van der Waals surface area contributed by atoms with Crippen LogP contribution in [0.4, 0.5) is 5.82 Å². The van der Waals surface area contributed by atoms with Crippen molar-refractivity contribution in [2.24, 2.45) is 0 Å². The van der Waals surface area contributed by atoms with E-state index in [1.54, 1.807) is 18.3 Å². The van der Waals surface area contributed by atoms with Gasteiger partial charge >= 0.3 is 5.97 Å². The Balaban J connectivity index is 2.34. The van der Waals surface area contributed by atoms with Crippen LogP contribution in [0.15, 0.2) is 18.3 Å². The monoisotopic (exact) mass is 277 g/mol. The van der Waals surface area contributed by atoms with Crippen molar-refractivity contribution in [3.8, 4) is 0 Å². The first-order valence-electron chi connectivity index (χ1n) is 7.24. The van der Waals surface area contributed by atoms with Gasteiger partial charge in [0.2, 0.25) is 0 Å². The Labute approximate surface area is 120 Å². The smallest absolute Gasteiger partial charge is 0.341 e. The third kappa shape index (κ3) is 2.93. The molecular formula is C15H23N3O2. The second-order valence-electron chi connectivity index (χ2n) is 5.09. The van der Waals surface area contributed by atoms with E-state index in [2.05, 4.69) is 29.0 Å². The maximum absolute atomic E-state index is 11.9. The molecule has 1 fully saturated rings. The average Bonchev–Trinajstić information content (AvgIpc) is 2.53. The first-order chi connectivity index (χ1) is 9.71. The summed E-state index contributed by atoms with van der Waals surface area (Å²) in [6, 6.07) is 4.35. The third-order valence-electron chi connectivity index (χ3n) is 3.93. The summed E-state index contributed by atoms with van der Waals surface area (Å²) >= 11 is 0. The molecule has 1 N–H and O–H groups in total. The molecule has 2 atom stereocenters. The maximum Gasteiger partial charge on any atom is 0.341 e. The molecule has 2 unspecified atom stereocenters. The molecule has 1 aliphatic heterocycles. The fourth-order valence-corrected chi connectivity index (χ4v) is 2.66. The van der Waals surface area contributed by atoms with E-state index >= 15 is 0 Å². The highest BCUT2D eigenvalue weighted by molar-refractivity contribution is 5.94. The number of pyridine rings is 1. The zero-order valence-electron chi connectivity index (χ0n) is 12.4. The highest BCUT2D eigenvalue weighted by Gasteiger charge is 2.29. The molecule has 5 heteroatoms. The molecule has 0 aromatic carbocycles. The second kappa shape index (κ2) is 6.70. The number of nitrogens with one attached hydrogen (secondary N) is 1. The quantitative estimate of drug-likeness (QED) is 0.851. The number of ether oxygens (including phenoxy) is 1. The highest BCUT2D eigenvalue weighted by Crippen LogP contribution is 2.24. The van der Waals surface area contributed by atoms with Gasteiger partial charge in [-0.3, -0.25) is 0 Å². The molecule has 1 aromatic heterocycles. The summed E-state index contributed by atoms with van der Waals surface area (Å²) in [7, 11) is 1.41. The van der Waals surface area contributed by atoms with Gasteiger partial charge in [-0.2, -0.15) is 0 Å². The molecule has 0 amide bonds. The van der Waals surface area contributed by atoms with Gasteiger partial charge < -0.3 is 15.0 Å². The van der Waals surface area contributed by atoms with Crippen LogP contribution in [0.5, 0.6) is 0 Å². The molecule has 1 saturated heterocycles. The number of hydrogen-bond donors (Lipinski definition) is 1. The standard InChI is InChI=1S/C15H23N3O2/c1-4-11-10-18(12(5-2)9-17-11)14-13(15(19)20-3)7-6-8-16-14/h6-8,11-12,17H,4-5,9-10H2,1-3H3. The van der Waals surface area contributed by atoms with Crippen molar-refractivity contribution in [2.45, 2.75) is 38.8 Å². The van der Waals surface area contributed by atoms with Gasteiger partial charge in [0.15, 0.2) is 0 Å². The molecule has 2 heterocycles. The molecular weight excluding hydrogens is 254 g/mol. The van der Waals surface area contributed by atoms with Crippen LogP contribution in [0.2, 0.25) is 0 Å². The zero-order chi connectivity index (χ0) is 14.5. The Kier molecular flexibility index (Phi) is 4.95. The van der Waals surface area contributed by atoms with Crippen LogP contribution < -0.4 is 10.2 Å². The Morgan fingerprint density at radius 3 is 2.95 bits per heavy atom. The number of anilines is 1. The van der Waals surface area contributed by atoms with Crippen LogP contribution in [0.25, 0.3) is 0 Å². The van der Waals surface area contributed by atoms with Gasteiger partial charge in [0.05, 0.1) is 7.11 Å². The van der Waals surface area contributed by atoms with Gasteiger partial charge in [-0.25, -0.2) is 9.78 Å².